The zero-order valence-corrected chi connectivity index (χ0v) is 19.2. The summed E-state index contributed by atoms with van der Waals surface area (Å²) < 4.78 is 11.3. The van der Waals surface area contributed by atoms with Crippen molar-refractivity contribution in [2.45, 2.75) is 25.9 Å². The molecule has 152 valence electrons. The minimum absolute atomic E-state index is 0. The summed E-state index contributed by atoms with van der Waals surface area (Å²) in [6.07, 6.45) is 2.64. The van der Waals surface area contributed by atoms with Crippen molar-refractivity contribution < 1.29 is 14.3 Å². The van der Waals surface area contributed by atoms with Crippen LogP contribution in [0.5, 0.6) is 0 Å². The molecule has 0 saturated heterocycles. The van der Waals surface area contributed by atoms with Gasteiger partial charge in [0.25, 0.3) is 0 Å². The van der Waals surface area contributed by atoms with E-state index in [1.165, 1.54) is 11.3 Å². The van der Waals surface area contributed by atoms with E-state index in [2.05, 4.69) is 15.6 Å². The molecule has 9 heteroatoms. The number of nitrogens with zero attached hydrogens (tertiary/aromatic N) is 1. The van der Waals surface area contributed by atoms with Gasteiger partial charge in [0.05, 0.1) is 17.1 Å². The molecule has 0 bridgehead atoms. The largest absolute Gasteiger partial charge is 0.469 e. The van der Waals surface area contributed by atoms with E-state index in [0.29, 0.717) is 23.4 Å². The molecule has 1 atom stereocenters. The zero-order chi connectivity index (χ0) is 18.6. The van der Waals surface area contributed by atoms with Gasteiger partial charge >= 0.3 is 0 Å². The molecule has 0 radical (unpaired) electrons. The number of thiophene rings is 1. The lowest BCUT2D eigenvalue weighted by molar-refractivity contribution is 0.145. The van der Waals surface area contributed by atoms with Crippen LogP contribution in [-0.2, 0) is 11.2 Å². The van der Waals surface area contributed by atoms with E-state index in [1.54, 1.807) is 12.3 Å². The normalized spacial score (nSPS) is 12.5. The van der Waals surface area contributed by atoms with Crippen LogP contribution in [0, 0.1) is 0 Å². The maximum Gasteiger partial charge on any atom is 0.191 e. The first kappa shape index (κ1) is 24.2. The first-order valence-electron chi connectivity index (χ1n) is 8.74. The van der Waals surface area contributed by atoms with Gasteiger partial charge in [-0.1, -0.05) is 11.6 Å². The van der Waals surface area contributed by atoms with Gasteiger partial charge in [0.1, 0.15) is 11.9 Å². The Labute approximate surface area is 186 Å². The van der Waals surface area contributed by atoms with Gasteiger partial charge in [-0.2, -0.15) is 0 Å². The van der Waals surface area contributed by atoms with Crippen molar-refractivity contribution >= 4 is 52.9 Å². The highest BCUT2D eigenvalue weighted by molar-refractivity contribution is 14.0. The van der Waals surface area contributed by atoms with Crippen LogP contribution in [0.3, 0.4) is 0 Å². The van der Waals surface area contributed by atoms with Crippen molar-refractivity contribution in [3.8, 4) is 0 Å². The third-order valence-corrected chi connectivity index (χ3v) is 4.88. The summed E-state index contributed by atoms with van der Waals surface area (Å²) in [5, 5.41) is 16.8. The molecule has 0 aliphatic rings. The van der Waals surface area contributed by atoms with Gasteiger partial charge in [-0.25, -0.2) is 0 Å². The van der Waals surface area contributed by atoms with Crippen molar-refractivity contribution in [3.63, 3.8) is 0 Å². The molecule has 2 aromatic heterocycles. The number of nitrogens with one attached hydrogen (secondary N) is 2. The van der Waals surface area contributed by atoms with Gasteiger partial charge in [0, 0.05) is 37.6 Å². The highest BCUT2D eigenvalue weighted by Gasteiger charge is 2.10. The zero-order valence-electron chi connectivity index (χ0n) is 15.3. The number of rotatable bonds is 11. The van der Waals surface area contributed by atoms with E-state index >= 15 is 0 Å². The standard InChI is InChI=1S/C18H26ClN3O3S.HI/c1-2-24-11-4-9-20-18(21-10-8-14-5-3-12-25-14)22-13-15(23)16-6-7-17(19)26-16;/h3,5-7,12,15,23H,2,4,8-11,13H2,1H3,(H2,20,21,22);1H. The number of aliphatic hydroxyl groups excluding tert-OH is 1. The van der Waals surface area contributed by atoms with Gasteiger partial charge in [0.15, 0.2) is 5.96 Å². The van der Waals surface area contributed by atoms with E-state index in [9.17, 15) is 5.11 Å². The molecular weight excluding hydrogens is 501 g/mol. The molecule has 0 fully saturated rings. The van der Waals surface area contributed by atoms with Crippen molar-refractivity contribution in [3.05, 3.63) is 45.5 Å². The number of hydrogen-bond acceptors (Lipinski definition) is 5. The number of hydrogen-bond donors (Lipinski definition) is 3. The lowest BCUT2D eigenvalue weighted by atomic mass is 10.3. The summed E-state index contributed by atoms with van der Waals surface area (Å²) in [6, 6.07) is 7.42. The lowest BCUT2D eigenvalue weighted by Gasteiger charge is -2.13. The van der Waals surface area contributed by atoms with Crippen LogP contribution in [0.15, 0.2) is 39.9 Å². The van der Waals surface area contributed by atoms with E-state index in [1.807, 2.05) is 25.1 Å². The van der Waals surface area contributed by atoms with E-state index in [-0.39, 0.29) is 30.5 Å². The van der Waals surface area contributed by atoms with Gasteiger partial charge in [-0.15, -0.1) is 35.3 Å². The number of aliphatic imine (C=N–C) groups is 1. The predicted molar refractivity (Wildman–Crippen MR) is 122 cm³/mol. The molecule has 0 aromatic carbocycles. The molecule has 0 aliphatic heterocycles. The molecule has 2 rings (SSSR count). The van der Waals surface area contributed by atoms with E-state index in [0.717, 1.165) is 36.6 Å². The van der Waals surface area contributed by atoms with Crippen molar-refractivity contribution in [2.24, 2.45) is 4.99 Å². The third kappa shape index (κ3) is 9.79. The molecule has 2 heterocycles. The maximum atomic E-state index is 10.3. The fraction of sp³-hybridized carbons (Fsp3) is 0.500. The highest BCUT2D eigenvalue weighted by atomic mass is 127. The second-order valence-electron chi connectivity index (χ2n) is 5.58. The molecule has 0 saturated carbocycles. The minimum atomic E-state index is -0.667. The fourth-order valence-electron chi connectivity index (χ4n) is 2.23. The Morgan fingerprint density at radius 1 is 1.33 bits per heavy atom. The second kappa shape index (κ2) is 14.2. The molecule has 0 amide bonds. The summed E-state index contributed by atoms with van der Waals surface area (Å²) in [6.45, 7) is 5.10. The van der Waals surface area contributed by atoms with Crippen molar-refractivity contribution in [1.82, 2.24) is 10.6 Å². The van der Waals surface area contributed by atoms with E-state index in [4.69, 9.17) is 20.8 Å². The molecule has 1 unspecified atom stereocenters. The monoisotopic (exact) mass is 527 g/mol. The quantitative estimate of drug-likeness (QED) is 0.179. The SMILES string of the molecule is CCOCCCNC(=NCC(O)c1ccc(Cl)s1)NCCc1ccco1.I. The molecule has 2 aromatic rings. The van der Waals surface area contributed by atoms with Crippen LogP contribution < -0.4 is 10.6 Å². The van der Waals surface area contributed by atoms with Gasteiger partial charge in [-0.05, 0) is 37.6 Å². The van der Waals surface area contributed by atoms with Crippen LogP contribution in [0.1, 0.15) is 30.1 Å². The number of ether oxygens (including phenoxy) is 1. The van der Waals surface area contributed by atoms with Crippen LogP contribution in [0.4, 0.5) is 0 Å². The van der Waals surface area contributed by atoms with Crippen LogP contribution in [0.25, 0.3) is 0 Å². The molecule has 0 spiro atoms. The summed E-state index contributed by atoms with van der Waals surface area (Å²) in [5.41, 5.74) is 0. The number of aliphatic hydroxyl groups is 1. The summed E-state index contributed by atoms with van der Waals surface area (Å²) in [7, 11) is 0. The first-order chi connectivity index (χ1) is 12.7. The van der Waals surface area contributed by atoms with Crippen LogP contribution >= 0.6 is 46.9 Å². The highest BCUT2D eigenvalue weighted by Crippen LogP contribution is 2.26. The number of halogens is 2. The molecular formula is C18H27ClIN3O3S. The minimum Gasteiger partial charge on any atom is -0.469 e. The molecule has 27 heavy (non-hydrogen) atoms. The summed E-state index contributed by atoms with van der Waals surface area (Å²) in [5.74, 6) is 1.58. The average molecular weight is 528 g/mol. The molecule has 0 aliphatic carbocycles. The van der Waals surface area contributed by atoms with E-state index < -0.39 is 6.10 Å². The maximum absolute atomic E-state index is 10.3. The van der Waals surface area contributed by atoms with Gasteiger partial charge in [-0.3, -0.25) is 4.99 Å². The Bertz CT molecular complexity index is 652. The fourth-order valence-corrected chi connectivity index (χ4v) is 3.27. The summed E-state index contributed by atoms with van der Waals surface area (Å²) in [4.78, 5) is 5.29. The smallest absolute Gasteiger partial charge is 0.191 e. The second-order valence-corrected chi connectivity index (χ2v) is 7.33. The Morgan fingerprint density at radius 3 is 2.81 bits per heavy atom. The van der Waals surface area contributed by atoms with Crippen LogP contribution in [0.2, 0.25) is 4.34 Å². The lowest BCUT2D eigenvalue weighted by Crippen LogP contribution is -2.39. The Hall–Kier alpha value is -0.810. The van der Waals surface area contributed by atoms with Crippen LogP contribution in [-0.4, -0.2) is 43.9 Å². The molecule has 6 nitrogen and oxygen atoms in total. The Morgan fingerprint density at radius 2 is 2.15 bits per heavy atom. The third-order valence-electron chi connectivity index (χ3n) is 3.55. The molecule has 3 N–H and O–H groups in total. The topological polar surface area (TPSA) is 79.0 Å². The average Bonchev–Trinajstić information content (AvgIpc) is 3.30. The Balaban J connectivity index is 0.00000364. The Kier molecular flexibility index (Phi) is 12.8. The van der Waals surface area contributed by atoms with Crippen molar-refractivity contribution in [1.29, 1.82) is 0 Å². The predicted octanol–water partition coefficient (Wildman–Crippen LogP) is 3.85. The van der Waals surface area contributed by atoms with Crippen molar-refractivity contribution in [2.75, 3.05) is 32.8 Å². The van der Waals surface area contributed by atoms with Gasteiger partial charge in [0.2, 0.25) is 0 Å². The number of guanidine groups is 1. The summed E-state index contributed by atoms with van der Waals surface area (Å²) >= 11 is 7.29. The first-order valence-corrected chi connectivity index (χ1v) is 9.94. The van der Waals surface area contributed by atoms with Gasteiger partial charge < -0.3 is 24.9 Å². The number of furan rings is 1.